The summed E-state index contributed by atoms with van der Waals surface area (Å²) in [6, 6.07) is 3.26. The second-order valence-electron chi connectivity index (χ2n) is 3.44. The van der Waals surface area contributed by atoms with E-state index >= 15 is 0 Å². The van der Waals surface area contributed by atoms with E-state index in [2.05, 4.69) is 12.1 Å². The third kappa shape index (κ3) is 4.38. The third-order valence-corrected chi connectivity index (χ3v) is 2.06. The van der Waals surface area contributed by atoms with Gasteiger partial charge in [0.2, 0.25) is 0 Å². The normalized spacial score (nSPS) is 10.9. The molecule has 88 valence electrons. The molecule has 0 aromatic heterocycles. The number of halogens is 2. The lowest BCUT2D eigenvalue weighted by Crippen LogP contribution is -1.93. The van der Waals surface area contributed by atoms with Gasteiger partial charge in [-0.05, 0) is 31.0 Å². The van der Waals surface area contributed by atoms with Gasteiger partial charge >= 0.3 is 0 Å². The van der Waals surface area contributed by atoms with Crippen molar-refractivity contribution in [2.75, 3.05) is 0 Å². The standard InChI is InChI=1S/C12H15F2NO/c1-2-3-4-7-15-16-9-10-8-11(13)5-6-12(10)14/h5-8H,2-4,9H2,1H3. The highest BCUT2D eigenvalue weighted by atomic mass is 19.1. The molecule has 0 heterocycles. The van der Waals surface area contributed by atoms with E-state index in [1.54, 1.807) is 6.21 Å². The highest BCUT2D eigenvalue weighted by Gasteiger charge is 2.03. The van der Waals surface area contributed by atoms with Crippen LogP contribution in [0.1, 0.15) is 31.7 Å². The Bertz CT molecular complexity index is 353. The summed E-state index contributed by atoms with van der Waals surface area (Å²) < 4.78 is 25.9. The first-order valence-electron chi connectivity index (χ1n) is 5.31. The molecule has 0 saturated carbocycles. The van der Waals surface area contributed by atoms with Crippen molar-refractivity contribution in [3.63, 3.8) is 0 Å². The van der Waals surface area contributed by atoms with Crippen molar-refractivity contribution in [1.82, 2.24) is 0 Å². The average Bonchev–Trinajstić information content (AvgIpc) is 2.28. The molecule has 2 nitrogen and oxygen atoms in total. The number of unbranched alkanes of at least 4 members (excludes halogenated alkanes) is 2. The quantitative estimate of drug-likeness (QED) is 0.413. The van der Waals surface area contributed by atoms with Gasteiger partial charge in [0, 0.05) is 11.8 Å². The lowest BCUT2D eigenvalue weighted by molar-refractivity contribution is 0.128. The molecule has 0 radical (unpaired) electrons. The SMILES string of the molecule is CCCCC=NOCc1cc(F)ccc1F. The van der Waals surface area contributed by atoms with Crippen molar-refractivity contribution < 1.29 is 13.6 Å². The van der Waals surface area contributed by atoms with Gasteiger partial charge in [0.05, 0.1) is 0 Å². The third-order valence-electron chi connectivity index (χ3n) is 2.06. The van der Waals surface area contributed by atoms with Gasteiger partial charge in [-0.2, -0.15) is 0 Å². The lowest BCUT2D eigenvalue weighted by atomic mass is 10.2. The highest BCUT2D eigenvalue weighted by molar-refractivity contribution is 5.56. The second-order valence-corrected chi connectivity index (χ2v) is 3.44. The Balaban J connectivity index is 2.36. The fourth-order valence-corrected chi connectivity index (χ4v) is 1.16. The molecule has 0 amide bonds. The first-order valence-corrected chi connectivity index (χ1v) is 5.31. The van der Waals surface area contributed by atoms with E-state index in [0.29, 0.717) is 0 Å². The van der Waals surface area contributed by atoms with E-state index in [1.807, 2.05) is 0 Å². The fraction of sp³-hybridized carbons (Fsp3) is 0.417. The van der Waals surface area contributed by atoms with Gasteiger partial charge in [0.25, 0.3) is 0 Å². The van der Waals surface area contributed by atoms with Crippen LogP contribution in [-0.4, -0.2) is 6.21 Å². The minimum absolute atomic E-state index is 0.0494. The molecule has 1 aromatic carbocycles. The molecule has 0 N–H and O–H groups in total. The Morgan fingerprint density at radius 2 is 2.19 bits per heavy atom. The van der Waals surface area contributed by atoms with E-state index in [-0.39, 0.29) is 12.2 Å². The van der Waals surface area contributed by atoms with Crippen LogP contribution in [0.2, 0.25) is 0 Å². The lowest BCUT2D eigenvalue weighted by Gasteiger charge is -2.01. The van der Waals surface area contributed by atoms with Crippen LogP contribution in [0.25, 0.3) is 0 Å². The van der Waals surface area contributed by atoms with Crippen LogP contribution in [0.3, 0.4) is 0 Å². The Morgan fingerprint density at radius 1 is 1.38 bits per heavy atom. The molecule has 0 unspecified atom stereocenters. The molecule has 4 heteroatoms. The van der Waals surface area contributed by atoms with Crippen molar-refractivity contribution in [3.8, 4) is 0 Å². The van der Waals surface area contributed by atoms with Crippen LogP contribution in [0.5, 0.6) is 0 Å². The van der Waals surface area contributed by atoms with Gasteiger partial charge in [-0.15, -0.1) is 0 Å². The summed E-state index contributed by atoms with van der Waals surface area (Å²) in [5, 5.41) is 3.66. The number of hydrogen-bond acceptors (Lipinski definition) is 2. The van der Waals surface area contributed by atoms with Gasteiger partial charge in [0.1, 0.15) is 18.2 Å². The van der Waals surface area contributed by atoms with Gasteiger partial charge in [0.15, 0.2) is 0 Å². The highest BCUT2D eigenvalue weighted by Crippen LogP contribution is 2.10. The number of rotatable bonds is 6. The summed E-state index contributed by atoms with van der Waals surface area (Å²) in [5.41, 5.74) is 0.174. The Labute approximate surface area is 93.9 Å². The topological polar surface area (TPSA) is 21.6 Å². The number of benzene rings is 1. The smallest absolute Gasteiger partial charge is 0.145 e. The van der Waals surface area contributed by atoms with E-state index < -0.39 is 11.6 Å². The zero-order valence-corrected chi connectivity index (χ0v) is 9.25. The number of nitrogens with zero attached hydrogens (tertiary/aromatic N) is 1. The van der Waals surface area contributed by atoms with Crippen LogP contribution in [0, 0.1) is 11.6 Å². The first kappa shape index (κ1) is 12.6. The van der Waals surface area contributed by atoms with Crippen LogP contribution >= 0.6 is 0 Å². The van der Waals surface area contributed by atoms with Gasteiger partial charge in [-0.25, -0.2) is 8.78 Å². The predicted molar refractivity (Wildman–Crippen MR) is 59.2 cm³/mol. The minimum atomic E-state index is -0.481. The zero-order valence-electron chi connectivity index (χ0n) is 9.25. The van der Waals surface area contributed by atoms with Crippen LogP contribution in [-0.2, 0) is 11.4 Å². The molecule has 0 fully saturated rings. The monoisotopic (exact) mass is 227 g/mol. The van der Waals surface area contributed by atoms with E-state index in [1.165, 1.54) is 0 Å². The Hall–Kier alpha value is -1.45. The molecule has 0 saturated heterocycles. The molecule has 0 bridgehead atoms. The Morgan fingerprint density at radius 3 is 2.94 bits per heavy atom. The molecule has 16 heavy (non-hydrogen) atoms. The largest absolute Gasteiger partial charge is 0.391 e. The van der Waals surface area contributed by atoms with E-state index in [4.69, 9.17) is 4.84 Å². The second kappa shape index (κ2) is 6.93. The summed E-state index contributed by atoms with van der Waals surface area (Å²) in [6.45, 7) is 2.03. The first-order chi connectivity index (χ1) is 7.74. The minimum Gasteiger partial charge on any atom is -0.391 e. The summed E-state index contributed by atoms with van der Waals surface area (Å²) in [7, 11) is 0. The molecule has 0 spiro atoms. The molecule has 1 rings (SSSR count). The van der Waals surface area contributed by atoms with Crippen molar-refractivity contribution in [3.05, 3.63) is 35.4 Å². The van der Waals surface area contributed by atoms with Gasteiger partial charge in [-0.1, -0.05) is 18.5 Å². The summed E-state index contributed by atoms with van der Waals surface area (Å²) >= 11 is 0. The maximum Gasteiger partial charge on any atom is 0.145 e. The zero-order chi connectivity index (χ0) is 11.8. The summed E-state index contributed by atoms with van der Waals surface area (Å²) in [5.74, 6) is -0.958. The van der Waals surface area contributed by atoms with Crippen LogP contribution in [0.15, 0.2) is 23.4 Å². The Kier molecular flexibility index (Phi) is 5.46. The van der Waals surface area contributed by atoms with Crippen molar-refractivity contribution >= 4 is 6.21 Å². The maximum atomic E-state index is 13.1. The van der Waals surface area contributed by atoms with Crippen molar-refractivity contribution in [2.45, 2.75) is 32.8 Å². The fourth-order valence-electron chi connectivity index (χ4n) is 1.16. The summed E-state index contributed by atoms with van der Waals surface area (Å²) in [4.78, 5) is 4.86. The van der Waals surface area contributed by atoms with E-state index in [9.17, 15) is 8.78 Å². The van der Waals surface area contributed by atoms with Crippen molar-refractivity contribution in [2.24, 2.45) is 5.16 Å². The predicted octanol–water partition coefficient (Wildman–Crippen LogP) is 3.66. The van der Waals surface area contributed by atoms with E-state index in [0.717, 1.165) is 37.5 Å². The van der Waals surface area contributed by atoms with Crippen LogP contribution < -0.4 is 0 Å². The molecular formula is C12H15F2NO. The van der Waals surface area contributed by atoms with Crippen molar-refractivity contribution in [1.29, 1.82) is 0 Å². The average molecular weight is 227 g/mol. The molecule has 0 aliphatic carbocycles. The molecule has 0 atom stereocenters. The van der Waals surface area contributed by atoms with Gasteiger partial charge < -0.3 is 4.84 Å². The molecule has 0 aliphatic heterocycles. The number of hydrogen-bond donors (Lipinski definition) is 0. The molecule has 0 aliphatic rings. The number of oxime groups is 1. The molecule has 1 aromatic rings. The van der Waals surface area contributed by atoms with Gasteiger partial charge in [-0.3, -0.25) is 0 Å². The summed E-state index contributed by atoms with van der Waals surface area (Å²) in [6.07, 6.45) is 4.61. The van der Waals surface area contributed by atoms with Crippen LogP contribution in [0.4, 0.5) is 8.78 Å². The molecular weight excluding hydrogens is 212 g/mol. The maximum absolute atomic E-state index is 13.1.